The van der Waals surface area contributed by atoms with Gasteiger partial charge in [0.15, 0.2) is 5.96 Å². The van der Waals surface area contributed by atoms with Gasteiger partial charge in [0.05, 0.1) is 11.5 Å². The number of benzene rings is 1. The Labute approximate surface area is 189 Å². The number of nitro groups is 1. The van der Waals surface area contributed by atoms with Gasteiger partial charge in [0.1, 0.15) is 0 Å². The number of carbonyl (C=O) groups is 1. The Kier molecular flexibility index (Phi) is 12.2. The summed E-state index contributed by atoms with van der Waals surface area (Å²) in [6, 6.07) is 6.44. The Hall–Kier alpha value is -1.91. The number of carbonyl (C=O) groups excluding carboxylic acids is 1. The van der Waals surface area contributed by atoms with Crippen molar-refractivity contribution in [2.75, 3.05) is 26.2 Å². The Bertz CT molecular complexity index is 667. The molecule has 1 aromatic carbocycles. The van der Waals surface area contributed by atoms with Crippen LogP contribution in [-0.2, 0) is 11.3 Å². The number of hydrogen-bond donors (Lipinski definition) is 2. The number of aliphatic imine (C=N–C) groups is 1. The summed E-state index contributed by atoms with van der Waals surface area (Å²) >= 11 is 0. The quantitative estimate of drug-likeness (QED) is 0.131. The summed E-state index contributed by atoms with van der Waals surface area (Å²) in [5, 5.41) is 17.3. The summed E-state index contributed by atoms with van der Waals surface area (Å²) in [6.07, 6.45) is 5.78. The molecule has 8 nitrogen and oxygen atoms in total. The largest absolute Gasteiger partial charge is 0.356 e. The van der Waals surface area contributed by atoms with E-state index in [2.05, 4.69) is 22.5 Å². The maximum Gasteiger partial charge on any atom is 0.269 e. The third kappa shape index (κ3) is 9.42. The van der Waals surface area contributed by atoms with Crippen LogP contribution in [0, 0.1) is 10.1 Å². The van der Waals surface area contributed by atoms with Gasteiger partial charge in [0, 0.05) is 44.7 Å². The molecule has 0 atom stereocenters. The first-order valence-corrected chi connectivity index (χ1v) is 10.1. The summed E-state index contributed by atoms with van der Waals surface area (Å²) in [5.41, 5.74) is 0.997. The number of nitro benzene ring substituents is 1. The highest BCUT2D eigenvalue weighted by Crippen LogP contribution is 2.13. The summed E-state index contributed by atoms with van der Waals surface area (Å²) in [6.45, 7) is 5.73. The number of hydrogen-bond acceptors (Lipinski definition) is 4. The lowest BCUT2D eigenvalue weighted by Gasteiger charge is -2.20. The molecule has 9 heteroatoms. The number of guanidine groups is 1. The van der Waals surface area contributed by atoms with Crippen molar-refractivity contribution in [3.63, 3.8) is 0 Å². The first-order valence-electron chi connectivity index (χ1n) is 10.1. The number of halogens is 1. The molecule has 1 aliphatic heterocycles. The Morgan fingerprint density at radius 1 is 1.17 bits per heavy atom. The summed E-state index contributed by atoms with van der Waals surface area (Å²) < 4.78 is 0. The molecule has 2 rings (SSSR count). The Morgan fingerprint density at radius 2 is 1.90 bits per heavy atom. The van der Waals surface area contributed by atoms with Crippen molar-refractivity contribution in [1.29, 1.82) is 0 Å². The van der Waals surface area contributed by atoms with E-state index in [4.69, 9.17) is 0 Å². The zero-order chi connectivity index (χ0) is 20.2. The van der Waals surface area contributed by atoms with Gasteiger partial charge in [-0.15, -0.1) is 24.0 Å². The van der Waals surface area contributed by atoms with E-state index in [-0.39, 0.29) is 35.6 Å². The zero-order valence-electron chi connectivity index (χ0n) is 17.1. The van der Waals surface area contributed by atoms with Gasteiger partial charge in [-0.3, -0.25) is 14.9 Å². The minimum atomic E-state index is -0.405. The van der Waals surface area contributed by atoms with E-state index in [1.54, 1.807) is 12.1 Å². The highest BCUT2D eigenvalue weighted by atomic mass is 127. The Balaban J connectivity index is 0.00000420. The Morgan fingerprint density at radius 3 is 2.59 bits per heavy atom. The van der Waals surface area contributed by atoms with Crippen molar-refractivity contribution in [3.05, 3.63) is 39.9 Å². The van der Waals surface area contributed by atoms with Gasteiger partial charge in [0.2, 0.25) is 5.91 Å². The van der Waals surface area contributed by atoms with Gasteiger partial charge in [-0.05, 0) is 31.2 Å². The van der Waals surface area contributed by atoms with Crippen LogP contribution in [0.2, 0.25) is 0 Å². The van der Waals surface area contributed by atoms with E-state index in [9.17, 15) is 14.9 Å². The molecule has 1 fully saturated rings. The van der Waals surface area contributed by atoms with Gasteiger partial charge in [-0.1, -0.05) is 25.5 Å². The van der Waals surface area contributed by atoms with Gasteiger partial charge < -0.3 is 15.5 Å². The molecule has 0 aliphatic carbocycles. The molecule has 29 heavy (non-hydrogen) atoms. The molecule has 0 saturated carbocycles. The molecule has 162 valence electrons. The van der Waals surface area contributed by atoms with E-state index >= 15 is 0 Å². The number of likely N-dealkylation sites (tertiary alicyclic amines) is 1. The number of nitrogens with zero attached hydrogens (tertiary/aromatic N) is 3. The molecule has 0 aromatic heterocycles. The van der Waals surface area contributed by atoms with Crippen molar-refractivity contribution in [1.82, 2.24) is 15.5 Å². The second-order valence-electron chi connectivity index (χ2n) is 6.99. The molecule has 1 heterocycles. The fraction of sp³-hybridized carbons (Fsp3) is 0.600. The van der Waals surface area contributed by atoms with Crippen LogP contribution in [-0.4, -0.2) is 47.9 Å². The lowest BCUT2D eigenvalue weighted by molar-refractivity contribution is -0.384. The maximum absolute atomic E-state index is 12.0. The van der Waals surface area contributed by atoms with Crippen LogP contribution in [0.5, 0.6) is 0 Å². The predicted octanol–water partition coefficient (Wildman–Crippen LogP) is 3.45. The van der Waals surface area contributed by atoms with Gasteiger partial charge in [-0.25, -0.2) is 4.99 Å². The fourth-order valence-corrected chi connectivity index (χ4v) is 3.06. The normalized spacial score (nSPS) is 14.7. The molecule has 1 amide bonds. The van der Waals surface area contributed by atoms with Crippen molar-refractivity contribution >= 4 is 41.5 Å². The van der Waals surface area contributed by atoms with Crippen molar-refractivity contribution in [2.45, 2.75) is 52.0 Å². The minimum Gasteiger partial charge on any atom is -0.356 e. The lowest BCUT2D eigenvalue weighted by atomic mass is 10.2. The van der Waals surface area contributed by atoms with E-state index < -0.39 is 4.92 Å². The number of non-ortho nitro benzene ring substituents is 1. The number of rotatable bonds is 9. The van der Waals surface area contributed by atoms with Crippen LogP contribution in [0.3, 0.4) is 0 Å². The van der Waals surface area contributed by atoms with Gasteiger partial charge in [-0.2, -0.15) is 0 Å². The predicted molar refractivity (Wildman–Crippen MR) is 126 cm³/mol. The third-order valence-corrected chi connectivity index (χ3v) is 4.68. The smallest absolute Gasteiger partial charge is 0.269 e. The van der Waals surface area contributed by atoms with Crippen LogP contribution in [0.15, 0.2) is 29.3 Å². The van der Waals surface area contributed by atoms with Crippen molar-refractivity contribution < 1.29 is 9.72 Å². The molecular formula is C20H32IN5O3. The molecule has 0 radical (unpaired) electrons. The topological polar surface area (TPSA) is 99.9 Å². The van der Waals surface area contributed by atoms with E-state index in [0.29, 0.717) is 13.0 Å². The summed E-state index contributed by atoms with van der Waals surface area (Å²) in [5.74, 6) is 0.996. The summed E-state index contributed by atoms with van der Waals surface area (Å²) in [7, 11) is 0. The second-order valence-corrected chi connectivity index (χ2v) is 6.99. The average molecular weight is 517 g/mol. The first kappa shape index (κ1) is 25.1. The van der Waals surface area contributed by atoms with E-state index in [1.807, 2.05) is 4.90 Å². The van der Waals surface area contributed by atoms with Crippen LogP contribution in [0.25, 0.3) is 0 Å². The van der Waals surface area contributed by atoms with Crippen LogP contribution < -0.4 is 10.6 Å². The SMILES string of the molecule is CCCNC(=NCc1ccc([N+](=O)[O-])cc1)NCCCN1CCCCCC1=O.I. The van der Waals surface area contributed by atoms with E-state index in [0.717, 1.165) is 69.8 Å². The molecule has 1 saturated heterocycles. The lowest BCUT2D eigenvalue weighted by Crippen LogP contribution is -2.39. The van der Waals surface area contributed by atoms with Crippen molar-refractivity contribution in [3.8, 4) is 0 Å². The zero-order valence-corrected chi connectivity index (χ0v) is 19.4. The van der Waals surface area contributed by atoms with Crippen LogP contribution in [0.4, 0.5) is 5.69 Å². The van der Waals surface area contributed by atoms with E-state index in [1.165, 1.54) is 12.1 Å². The molecule has 2 N–H and O–H groups in total. The van der Waals surface area contributed by atoms with Gasteiger partial charge >= 0.3 is 0 Å². The standard InChI is InChI=1S/C20H31N5O3.HI/c1-2-12-21-20(23-16-17-8-10-18(11-9-17)25(27)28)22-13-6-15-24-14-5-3-4-7-19(24)26;/h8-11H,2-7,12-16H2,1H3,(H2,21,22,23);1H. The third-order valence-electron chi connectivity index (χ3n) is 4.68. The van der Waals surface area contributed by atoms with Crippen molar-refractivity contribution in [2.24, 2.45) is 4.99 Å². The first-order chi connectivity index (χ1) is 13.6. The molecule has 0 bridgehead atoms. The second kappa shape index (κ2) is 14.1. The van der Waals surface area contributed by atoms with Gasteiger partial charge in [0.25, 0.3) is 5.69 Å². The molecule has 1 aromatic rings. The number of nitrogens with one attached hydrogen (secondary N) is 2. The molecule has 0 spiro atoms. The average Bonchev–Trinajstić information content (AvgIpc) is 2.91. The molecule has 1 aliphatic rings. The van der Waals surface area contributed by atoms with Crippen LogP contribution >= 0.6 is 24.0 Å². The highest BCUT2D eigenvalue weighted by molar-refractivity contribution is 14.0. The molecule has 0 unspecified atom stereocenters. The minimum absolute atomic E-state index is 0. The van der Waals surface area contributed by atoms with Crippen LogP contribution in [0.1, 0.15) is 51.0 Å². The summed E-state index contributed by atoms with van der Waals surface area (Å²) in [4.78, 5) is 28.9. The maximum atomic E-state index is 12.0. The monoisotopic (exact) mass is 517 g/mol. The fourth-order valence-electron chi connectivity index (χ4n) is 3.06. The highest BCUT2D eigenvalue weighted by Gasteiger charge is 2.15. The molecular weight excluding hydrogens is 485 g/mol. The number of amides is 1.